The Morgan fingerprint density at radius 3 is 2.29 bits per heavy atom. The Morgan fingerprint density at radius 2 is 1.79 bits per heavy atom. The van der Waals surface area contributed by atoms with Crippen LogP contribution >= 0.6 is 0 Å². The smallest absolute Gasteiger partial charge is 0.378 e. The molecule has 0 atom stereocenters. The number of halogens is 3. The van der Waals surface area contributed by atoms with Crippen LogP contribution in [0.5, 0.6) is 0 Å². The zero-order chi connectivity index (χ0) is 17.7. The van der Waals surface area contributed by atoms with E-state index < -0.39 is 18.6 Å². The van der Waals surface area contributed by atoms with Crippen molar-refractivity contribution in [2.45, 2.75) is 12.7 Å². The van der Waals surface area contributed by atoms with E-state index in [0.717, 1.165) is 10.6 Å². The monoisotopic (exact) mass is 337 g/mol. The Bertz CT molecular complexity index is 670. The number of hydrogen-bond acceptors (Lipinski definition) is 3. The first-order chi connectivity index (χ1) is 11.3. The van der Waals surface area contributed by atoms with Gasteiger partial charge in [0.25, 0.3) is 5.91 Å². The molecule has 0 N–H and O–H groups in total. The number of carbonyl (C=O) groups is 1. The minimum atomic E-state index is -4.47. The molecule has 1 aromatic carbocycles. The molecule has 1 amide bonds. The number of amides is 1. The highest BCUT2D eigenvalue weighted by atomic mass is 19.4. The first-order valence-corrected chi connectivity index (χ1v) is 7.28. The number of alkyl halides is 3. The Kier molecular flexibility index (Phi) is 5.43. The van der Waals surface area contributed by atoms with Crippen LogP contribution in [-0.2, 0) is 6.54 Å². The van der Waals surface area contributed by atoms with E-state index >= 15 is 0 Å². The summed E-state index contributed by atoms with van der Waals surface area (Å²) in [6, 6.07) is 10.0. The summed E-state index contributed by atoms with van der Waals surface area (Å²) in [5.74, 6) is -0.697. The number of carbonyl (C=O) groups excluding carboxylic acids is 1. The Balaban J connectivity index is 2.21. The minimum Gasteiger partial charge on any atom is -0.378 e. The van der Waals surface area contributed by atoms with Crippen molar-refractivity contribution in [1.29, 1.82) is 0 Å². The highest BCUT2D eigenvalue weighted by Crippen LogP contribution is 2.21. The molecule has 1 heterocycles. The molecule has 0 saturated heterocycles. The summed E-state index contributed by atoms with van der Waals surface area (Å²) in [7, 11) is 3.74. The molecule has 0 fully saturated rings. The standard InChI is InChI=1S/C17H18F3N3O/c1-22(2)15-7-5-13(6-8-15)11-23(12-17(18,19)20)16(24)14-4-3-9-21-10-14/h3-10H,11-12H2,1-2H3. The van der Waals surface area contributed by atoms with Gasteiger partial charge in [0.1, 0.15) is 6.54 Å². The van der Waals surface area contributed by atoms with Crippen molar-refractivity contribution in [3.63, 3.8) is 0 Å². The number of hydrogen-bond donors (Lipinski definition) is 0. The van der Waals surface area contributed by atoms with E-state index in [1.54, 1.807) is 24.3 Å². The maximum atomic E-state index is 12.8. The SMILES string of the molecule is CN(C)c1ccc(CN(CC(F)(F)F)C(=O)c2cccnc2)cc1. The fourth-order valence-corrected chi connectivity index (χ4v) is 2.21. The minimum absolute atomic E-state index is 0.124. The van der Waals surface area contributed by atoms with Gasteiger partial charge in [-0.1, -0.05) is 12.1 Å². The van der Waals surface area contributed by atoms with Gasteiger partial charge in [0.2, 0.25) is 0 Å². The Morgan fingerprint density at radius 1 is 1.12 bits per heavy atom. The number of aromatic nitrogens is 1. The molecule has 7 heteroatoms. The molecule has 4 nitrogen and oxygen atoms in total. The third-order valence-electron chi connectivity index (χ3n) is 3.39. The lowest BCUT2D eigenvalue weighted by Crippen LogP contribution is -2.38. The molecule has 128 valence electrons. The Hall–Kier alpha value is -2.57. The van der Waals surface area contributed by atoms with Crippen LogP contribution in [0.2, 0.25) is 0 Å². The highest BCUT2D eigenvalue weighted by molar-refractivity contribution is 5.93. The summed E-state index contributed by atoms with van der Waals surface area (Å²) in [5, 5.41) is 0. The average Bonchev–Trinajstić information content (AvgIpc) is 2.53. The largest absolute Gasteiger partial charge is 0.406 e. The van der Waals surface area contributed by atoms with Crippen molar-refractivity contribution in [3.8, 4) is 0 Å². The predicted molar refractivity (Wildman–Crippen MR) is 85.8 cm³/mol. The number of rotatable bonds is 5. The summed E-state index contributed by atoms with van der Waals surface area (Å²) >= 11 is 0. The molecule has 0 saturated carbocycles. The lowest BCUT2D eigenvalue weighted by molar-refractivity contribution is -0.141. The van der Waals surface area contributed by atoms with Crippen LogP contribution in [0.3, 0.4) is 0 Å². The van der Waals surface area contributed by atoms with Crippen molar-refractivity contribution < 1.29 is 18.0 Å². The van der Waals surface area contributed by atoms with Gasteiger partial charge in [-0.15, -0.1) is 0 Å². The Labute approximate surface area is 138 Å². The summed E-state index contributed by atoms with van der Waals surface area (Å²) in [4.78, 5) is 18.8. The van der Waals surface area contributed by atoms with Gasteiger partial charge >= 0.3 is 6.18 Å². The normalized spacial score (nSPS) is 11.2. The number of benzene rings is 1. The molecule has 0 bridgehead atoms. The second kappa shape index (κ2) is 7.33. The van der Waals surface area contributed by atoms with Crippen LogP contribution in [0.4, 0.5) is 18.9 Å². The number of pyridine rings is 1. The lowest BCUT2D eigenvalue weighted by atomic mass is 10.1. The van der Waals surface area contributed by atoms with Gasteiger partial charge in [0, 0.05) is 38.7 Å². The molecule has 2 rings (SSSR count). The van der Waals surface area contributed by atoms with Crippen molar-refractivity contribution in [1.82, 2.24) is 9.88 Å². The van der Waals surface area contributed by atoms with E-state index in [2.05, 4.69) is 4.98 Å². The molecule has 24 heavy (non-hydrogen) atoms. The summed E-state index contributed by atoms with van der Waals surface area (Å²) in [5.41, 5.74) is 1.69. The first kappa shape index (κ1) is 17.8. The predicted octanol–water partition coefficient (Wildman–Crippen LogP) is 3.35. The first-order valence-electron chi connectivity index (χ1n) is 7.28. The third-order valence-corrected chi connectivity index (χ3v) is 3.39. The van der Waals surface area contributed by atoms with Crippen LogP contribution in [-0.4, -0.2) is 42.6 Å². The maximum absolute atomic E-state index is 12.8. The van der Waals surface area contributed by atoms with E-state index in [1.165, 1.54) is 24.5 Å². The van der Waals surface area contributed by atoms with Gasteiger partial charge in [0.05, 0.1) is 5.56 Å². The van der Waals surface area contributed by atoms with Gasteiger partial charge in [-0.25, -0.2) is 0 Å². The van der Waals surface area contributed by atoms with Gasteiger partial charge in [-0.3, -0.25) is 9.78 Å². The van der Waals surface area contributed by atoms with Gasteiger partial charge in [0.15, 0.2) is 0 Å². The van der Waals surface area contributed by atoms with E-state index in [1.807, 2.05) is 19.0 Å². The van der Waals surface area contributed by atoms with E-state index in [4.69, 9.17) is 0 Å². The fourth-order valence-electron chi connectivity index (χ4n) is 2.21. The zero-order valence-corrected chi connectivity index (χ0v) is 13.4. The molecular formula is C17H18F3N3O. The van der Waals surface area contributed by atoms with Crippen molar-refractivity contribution in [2.75, 3.05) is 25.5 Å². The molecule has 0 aliphatic heterocycles. The second-order valence-corrected chi connectivity index (χ2v) is 5.58. The van der Waals surface area contributed by atoms with Crippen LogP contribution in [0, 0.1) is 0 Å². The number of nitrogens with zero attached hydrogens (tertiary/aromatic N) is 3. The van der Waals surface area contributed by atoms with E-state index in [9.17, 15) is 18.0 Å². The molecule has 0 aliphatic rings. The summed E-state index contributed by atoms with van der Waals surface area (Å²) < 4.78 is 38.5. The summed E-state index contributed by atoms with van der Waals surface area (Å²) in [6.45, 7) is -1.43. The number of anilines is 1. The van der Waals surface area contributed by atoms with Crippen LogP contribution in [0.15, 0.2) is 48.8 Å². The van der Waals surface area contributed by atoms with Crippen molar-refractivity contribution >= 4 is 11.6 Å². The zero-order valence-electron chi connectivity index (χ0n) is 13.4. The maximum Gasteiger partial charge on any atom is 0.406 e. The molecular weight excluding hydrogens is 319 g/mol. The molecule has 1 aromatic heterocycles. The quantitative estimate of drug-likeness (QED) is 0.839. The molecule has 2 aromatic rings. The van der Waals surface area contributed by atoms with Gasteiger partial charge in [-0.2, -0.15) is 13.2 Å². The van der Waals surface area contributed by atoms with Crippen LogP contribution in [0.1, 0.15) is 15.9 Å². The van der Waals surface area contributed by atoms with Gasteiger partial charge < -0.3 is 9.80 Å². The van der Waals surface area contributed by atoms with Crippen LogP contribution < -0.4 is 4.90 Å². The molecule has 0 aliphatic carbocycles. The average molecular weight is 337 g/mol. The second-order valence-electron chi connectivity index (χ2n) is 5.58. The van der Waals surface area contributed by atoms with Gasteiger partial charge in [-0.05, 0) is 29.8 Å². The molecule has 0 spiro atoms. The molecule has 0 unspecified atom stereocenters. The van der Waals surface area contributed by atoms with E-state index in [-0.39, 0.29) is 12.1 Å². The lowest BCUT2D eigenvalue weighted by Gasteiger charge is -2.24. The van der Waals surface area contributed by atoms with E-state index in [0.29, 0.717) is 5.56 Å². The van der Waals surface area contributed by atoms with Crippen molar-refractivity contribution in [2.24, 2.45) is 0 Å². The third kappa shape index (κ3) is 4.97. The molecule has 0 radical (unpaired) electrons. The van der Waals surface area contributed by atoms with Crippen molar-refractivity contribution in [3.05, 3.63) is 59.9 Å². The fraction of sp³-hybridized carbons (Fsp3) is 0.294. The van der Waals surface area contributed by atoms with Crippen LogP contribution in [0.25, 0.3) is 0 Å². The highest BCUT2D eigenvalue weighted by Gasteiger charge is 2.33. The topological polar surface area (TPSA) is 36.4 Å². The summed E-state index contributed by atoms with van der Waals surface area (Å²) in [6.07, 6.45) is -1.74.